The van der Waals surface area contributed by atoms with Gasteiger partial charge in [0.2, 0.25) is 5.78 Å². The summed E-state index contributed by atoms with van der Waals surface area (Å²) in [5.41, 5.74) is 0.915. The van der Waals surface area contributed by atoms with Gasteiger partial charge < -0.3 is 14.6 Å². The third kappa shape index (κ3) is 6.24. The second kappa shape index (κ2) is 12.1. The van der Waals surface area contributed by atoms with Crippen molar-refractivity contribution < 1.29 is 36.9 Å². The maximum Gasteiger partial charge on any atom is 0.358 e. The van der Waals surface area contributed by atoms with Crippen molar-refractivity contribution in [2.75, 3.05) is 6.61 Å². The van der Waals surface area contributed by atoms with Crippen molar-refractivity contribution >= 4 is 38.4 Å². The number of carbonyl (C=O) groups is 2. The molecule has 4 aromatic carbocycles. The number of fused-ring (bicyclic) bond motifs is 1. The molecule has 0 saturated heterocycles. The molecule has 42 heavy (non-hydrogen) atoms. The van der Waals surface area contributed by atoms with Crippen molar-refractivity contribution in [3.8, 4) is 5.75 Å². The number of carbonyl (C=O) groups excluding carboxylic acids is 1. The molecule has 0 aliphatic carbocycles. The van der Waals surface area contributed by atoms with Gasteiger partial charge in [-0.15, -0.1) is 0 Å². The number of nitrogens with zero attached hydrogens (tertiary/aromatic N) is 1. The number of carboxylic acids is 1. The second-order valence-electron chi connectivity index (χ2n) is 9.42. The van der Waals surface area contributed by atoms with Gasteiger partial charge in [0.15, 0.2) is 5.71 Å². The second-order valence-corrected chi connectivity index (χ2v) is 10.9. The van der Waals surface area contributed by atoms with Gasteiger partial charge >= 0.3 is 16.1 Å². The van der Waals surface area contributed by atoms with Crippen molar-refractivity contribution in [2.24, 2.45) is 11.1 Å². The molecule has 0 spiro atoms. The summed E-state index contributed by atoms with van der Waals surface area (Å²) >= 11 is 0. The Morgan fingerprint density at radius 2 is 1.50 bits per heavy atom. The Hall–Kier alpha value is -5.22. The number of aryl methyl sites for hydroxylation is 1. The fourth-order valence-electron chi connectivity index (χ4n) is 4.25. The molecule has 212 valence electrons. The summed E-state index contributed by atoms with van der Waals surface area (Å²) in [5.74, 6) is -1.22. The van der Waals surface area contributed by atoms with Crippen LogP contribution in [-0.2, 0) is 19.1 Å². The number of aromatic carboxylic acids is 1. The van der Waals surface area contributed by atoms with Crippen LogP contribution in [0.2, 0.25) is 0 Å². The number of rotatable bonds is 10. The molecule has 0 amide bonds. The van der Waals surface area contributed by atoms with E-state index in [4.69, 9.17) is 13.8 Å². The molecular formula is C32H25NO8S. The van der Waals surface area contributed by atoms with Crippen LogP contribution >= 0.6 is 0 Å². The zero-order chi connectivity index (χ0) is 29.7. The standard InChI is InChI=1S/C32H25NO8S/c1-21-6-12-25(13-7-21)42(37,38)41-33-30(23-8-10-24(11-9-23)32(35)36)31(34)28-14-15-29(27-5-3-2-4-26(27)28)40-20-22-16-18-39-19-17-22/h2-19,22H,20H2,1H3,(H,35,36)/b33-30+. The zero-order valence-corrected chi connectivity index (χ0v) is 23.2. The van der Waals surface area contributed by atoms with E-state index in [9.17, 15) is 23.1 Å². The molecule has 9 nitrogen and oxygen atoms in total. The molecule has 0 unspecified atom stereocenters. The Morgan fingerprint density at radius 3 is 2.17 bits per heavy atom. The number of carboxylic acid groups (broad SMARTS) is 1. The fraction of sp³-hybridized carbons (Fsp3) is 0.0938. The highest BCUT2D eigenvalue weighted by atomic mass is 32.2. The minimum atomic E-state index is -4.36. The average molecular weight is 584 g/mol. The number of benzene rings is 4. The largest absolute Gasteiger partial charge is 0.492 e. The van der Waals surface area contributed by atoms with Crippen LogP contribution in [0, 0.1) is 12.8 Å². The lowest BCUT2D eigenvalue weighted by Gasteiger charge is -2.16. The minimum absolute atomic E-state index is 0.0129. The molecule has 1 N–H and O–H groups in total. The third-order valence-electron chi connectivity index (χ3n) is 6.53. The van der Waals surface area contributed by atoms with Crippen molar-refractivity contribution in [1.29, 1.82) is 0 Å². The van der Waals surface area contributed by atoms with Gasteiger partial charge in [-0.25, -0.2) is 4.79 Å². The van der Waals surface area contributed by atoms with Crippen LogP contribution in [0.1, 0.15) is 31.8 Å². The monoisotopic (exact) mass is 583 g/mol. The first-order valence-corrected chi connectivity index (χ1v) is 14.2. The predicted molar refractivity (Wildman–Crippen MR) is 156 cm³/mol. The molecule has 1 aliphatic rings. The SMILES string of the molecule is Cc1ccc(S(=O)(=O)O/N=C(/C(=O)c2ccc(OCC3C=COC=C3)c3ccccc23)c2ccc(C(=O)O)cc2)cc1. The highest BCUT2D eigenvalue weighted by Gasteiger charge is 2.24. The van der Waals surface area contributed by atoms with Crippen LogP contribution in [0.4, 0.5) is 0 Å². The van der Waals surface area contributed by atoms with Gasteiger partial charge in [0.25, 0.3) is 0 Å². The Morgan fingerprint density at radius 1 is 0.857 bits per heavy atom. The quantitative estimate of drug-likeness (QED) is 0.139. The van der Waals surface area contributed by atoms with Gasteiger partial charge in [-0.05, 0) is 60.9 Å². The summed E-state index contributed by atoms with van der Waals surface area (Å²) in [6.45, 7) is 2.16. The smallest absolute Gasteiger partial charge is 0.358 e. The highest BCUT2D eigenvalue weighted by molar-refractivity contribution is 7.86. The summed E-state index contributed by atoms with van der Waals surface area (Å²) in [6.07, 6.45) is 6.89. The van der Waals surface area contributed by atoms with Crippen LogP contribution in [0.15, 0.2) is 120 Å². The molecule has 0 saturated carbocycles. The summed E-state index contributed by atoms with van der Waals surface area (Å²) in [5, 5.41) is 14.3. The maximum absolute atomic E-state index is 14.0. The molecule has 5 rings (SSSR count). The van der Waals surface area contributed by atoms with Crippen LogP contribution in [0.3, 0.4) is 0 Å². The lowest BCUT2D eigenvalue weighted by molar-refractivity contribution is 0.0696. The summed E-state index contributed by atoms with van der Waals surface area (Å²) in [6, 6.07) is 21.7. The molecule has 1 aliphatic heterocycles. The Labute approximate surface area is 242 Å². The molecular weight excluding hydrogens is 558 g/mol. The molecule has 0 aromatic heterocycles. The van der Waals surface area contributed by atoms with E-state index in [-0.39, 0.29) is 33.2 Å². The molecule has 1 heterocycles. The minimum Gasteiger partial charge on any atom is -0.492 e. The van der Waals surface area contributed by atoms with E-state index in [1.54, 1.807) is 48.9 Å². The van der Waals surface area contributed by atoms with Crippen molar-refractivity contribution in [3.05, 3.63) is 132 Å². The van der Waals surface area contributed by atoms with Crippen molar-refractivity contribution in [1.82, 2.24) is 0 Å². The number of Topliss-reactive ketones (excluding diaryl/α,β-unsaturated/α-hetero) is 1. The van der Waals surface area contributed by atoms with Gasteiger partial charge in [0.05, 0.1) is 24.7 Å². The lowest BCUT2D eigenvalue weighted by Crippen LogP contribution is -2.18. The normalized spacial score (nSPS) is 13.5. The van der Waals surface area contributed by atoms with E-state index in [0.717, 1.165) is 5.56 Å². The van der Waals surface area contributed by atoms with Gasteiger partial charge in [-0.3, -0.25) is 9.08 Å². The zero-order valence-electron chi connectivity index (χ0n) is 22.3. The van der Waals surface area contributed by atoms with Crippen molar-refractivity contribution in [2.45, 2.75) is 11.8 Å². The van der Waals surface area contributed by atoms with E-state index in [1.807, 2.05) is 31.2 Å². The van der Waals surface area contributed by atoms with E-state index < -0.39 is 21.9 Å². The van der Waals surface area contributed by atoms with Crippen LogP contribution in [0.5, 0.6) is 5.75 Å². The lowest BCUT2D eigenvalue weighted by atomic mass is 9.95. The topological polar surface area (TPSA) is 129 Å². The predicted octanol–water partition coefficient (Wildman–Crippen LogP) is 5.89. The number of hydrogen-bond acceptors (Lipinski definition) is 8. The highest BCUT2D eigenvalue weighted by Crippen LogP contribution is 2.30. The van der Waals surface area contributed by atoms with E-state index in [0.29, 0.717) is 23.1 Å². The molecule has 0 atom stereocenters. The molecule has 4 aromatic rings. The Kier molecular flexibility index (Phi) is 8.16. The molecule has 0 radical (unpaired) electrons. The number of ketones is 1. The van der Waals surface area contributed by atoms with E-state index in [1.165, 1.54) is 36.4 Å². The Balaban J connectivity index is 1.53. The van der Waals surface area contributed by atoms with E-state index in [2.05, 4.69) is 5.16 Å². The van der Waals surface area contributed by atoms with Gasteiger partial charge in [-0.1, -0.05) is 59.3 Å². The van der Waals surface area contributed by atoms with Crippen LogP contribution in [-0.4, -0.2) is 37.6 Å². The first kappa shape index (κ1) is 28.3. The third-order valence-corrected chi connectivity index (χ3v) is 7.65. The molecule has 10 heteroatoms. The van der Waals surface area contributed by atoms with Crippen LogP contribution in [0.25, 0.3) is 10.8 Å². The summed E-state index contributed by atoms with van der Waals surface area (Å²) in [4.78, 5) is 25.2. The van der Waals surface area contributed by atoms with E-state index >= 15 is 0 Å². The first-order valence-electron chi connectivity index (χ1n) is 12.8. The number of hydrogen-bond donors (Lipinski definition) is 1. The average Bonchev–Trinajstić information content (AvgIpc) is 3.00. The summed E-state index contributed by atoms with van der Waals surface area (Å²) in [7, 11) is -4.36. The molecule has 0 fully saturated rings. The number of ether oxygens (including phenoxy) is 2. The molecule has 0 bridgehead atoms. The Bertz CT molecular complexity index is 1830. The van der Waals surface area contributed by atoms with Gasteiger partial charge in [-0.2, -0.15) is 8.42 Å². The first-order chi connectivity index (χ1) is 20.2. The van der Waals surface area contributed by atoms with Gasteiger partial charge in [0.1, 0.15) is 10.6 Å². The van der Waals surface area contributed by atoms with Crippen LogP contribution < -0.4 is 4.74 Å². The van der Waals surface area contributed by atoms with Crippen molar-refractivity contribution in [3.63, 3.8) is 0 Å². The maximum atomic E-state index is 14.0. The summed E-state index contributed by atoms with van der Waals surface area (Å²) < 4.78 is 41.9. The fourth-order valence-corrected chi connectivity index (χ4v) is 4.98. The number of oxime groups is 1. The van der Waals surface area contributed by atoms with Gasteiger partial charge in [0, 0.05) is 22.4 Å².